The quantitative estimate of drug-likeness (QED) is 0.671. The van der Waals surface area contributed by atoms with Crippen molar-refractivity contribution in [2.24, 2.45) is 17.8 Å². The first kappa shape index (κ1) is 14.1. The molecule has 0 atom stereocenters. The molecule has 1 aliphatic carbocycles. The molecular weight excluding hydrogens is 234 g/mol. The summed E-state index contributed by atoms with van der Waals surface area (Å²) in [6.07, 6.45) is 11.1. The number of hydrogen-bond donors (Lipinski definition) is 0. The monoisotopic (exact) mass is 263 g/mol. The average Bonchev–Trinajstić information content (AvgIpc) is 2.46. The SMILES string of the molecule is CCCC[Si@H]1CC[C@H](C2CCC(C#N)CC2)CC1. The lowest BCUT2D eigenvalue weighted by atomic mass is 9.74. The molecule has 2 aliphatic rings. The topological polar surface area (TPSA) is 23.8 Å². The minimum atomic E-state index is -0.307. The van der Waals surface area contributed by atoms with Crippen LogP contribution in [0.15, 0.2) is 0 Å². The molecule has 2 fully saturated rings. The number of unbranched alkanes of at least 4 members (excludes halogenated alkanes) is 1. The molecule has 0 aromatic carbocycles. The molecule has 0 bridgehead atoms. The molecule has 2 heteroatoms. The molecule has 0 spiro atoms. The van der Waals surface area contributed by atoms with Crippen LogP contribution in [0, 0.1) is 29.1 Å². The summed E-state index contributed by atoms with van der Waals surface area (Å²) < 4.78 is 0. The van der Waals surface area contributed by atoms with Gasteiger partial charge in [-0.1, -0.05) is 50.7 Å². The summed E-state index contributed by atoms with van der Waals surface area (Å²) in [7, 11) is -0.307. The highest BCUT2D eigenvalue weighted by atomic mass is 28.3. The molecule has 18 heavy (non-hydrogen) atoms. The lowest BCUT2D eigenvalue weighted by Gasteiger charge is -2.36. The van der Waals surface area contributed by atoms with Crippen LogP contribution in [0.5, 0.6) is 0 Å². The highest BCUT2D eigenvalue weighted by molar-refractivity contribution is 6.58. The fourth-order valence-electron chi connectivity index (χ4n) is 4.16. The molecule has 1 saturated carbocycles. The van der Waals surface area contributed by atoms with Crippen LogP contribution in [0.3, 0.4) is 0 Å². The van der Waals surface area contributed by atoms with E-state index in [1.165, 1.54) is 38.5 Å². The van der Waals surface area contributed by atoms with Crippen LogP contribution in [0.4, 0.5) is 0 Å². The molecule has 102 valence electrons. The van der Waals surface area contributed by atoms with Crippen molar-refractivity contribution < 1.29 is 0 Å². The zero-order valence-electron chi connectivity index (χ0n) is 12.0. The second-order valence-electron chi connectivity index (χ2n) is 6.66. The van der Waals surface area contributed by atoms with Gasteiger partial charge in [-0.05, 0) is 37.5 Å². The van der Waals surface area contributed by atoms with Crippen LogP contribution in [-0.4, -0.2) is 8.80 Å². The first-order chi connectivity index (χ1) is 8.83. The highest BCUT2D eigenvalue weighted by Gasteiger charge is 2.30. The zero-order valence-corrected chi connectivity index (χ0v) is 13.2. The fraction of sp³-hybridized carbons (Fsp3) is 0.938. The predicted molar refractivity (Wildman–Crippen MR) is 80.3 cm³/mol. The van der Waals surface area contributed by atoms with Gasteiger partial charge in [0, 0.05) is 14.7 Å². The molecule has 0 aromatic heterocycles. The molecule has 1 heterocycles. The van der Waals surface area contributed by atoms with Gasteiger partial charge < -0.3 is 0 Å². The summed E-state index contributed by atoms with van der Waals surface area (Å²) in [6, 6.07) is 7.34. The lowest BCUT2D eigenvalue weighted by Crippen LogP contribution is -2.28. The van der Waals surface area contributed by atoms with Gasteiger partial charge in [0.25, 0.3) is 0 Å². The third kappa shape index (κ3) is 3.85. The molecule has 0 aromatic rings. The molecule has 0 N–H and O–H groups in total. The van der Waals surface area contributed by atoms with Crippen molar-refractivity contribution in [1.29, 1.82) is 5.26 Å². The highest BCUT2D eigenvalue weighted by Crippen LogP contribution is 2.40. The van der Waals surface area contributed by atoms with Crippen molar-refractivity contribution in [2.75, 3.05) is 0 Å². The van der Waals surface area contributed by atoms with Crippen LogP contribution in [0.25, 0.3) is 0 Å². The standard InChI is InChI=1S/C16H29NSi/c1-2-3-10-18-11-8-16(9-12-18)15-6-4-14(13-17)5-7-15/h14-16,18H,2-12H2,1H3/t14?,15?,16-,18-. The summed E-state index contributed by atoms with van der Waals surface area (Å²) in [5.74, 6) is 2.40. The Hall–Kier alpha value is -0.293. The Labute approximate surface area is 115 Å². The maximum Gasteiger partial charge on any atom is 0.0655 e. The van der Waals surface area contributed by atoms with Crippen molar-refractivity contribution in [2.45, 2.75) is 76.4 Å². The van der Waals surface area contributed by atoms with Crippen molar-refractivity contribution in [3.8, 4) is 6.07 Å². The van der Waals surface area contributed by atoms with Crippen molar-refractivity contribution in [3.05, 3.63) is 0 Å². The third-order valence-corrected chi connectivity index (χ3v) is 9.00. The van der Waals surface area contributed by atoms with Crippen molar-refractivity contribution in [1.82, 2.24) is 0 Å². The van der Waals surface area contributed by atoms with Gasteiger partial charge in [-0.3, -0.25) is 0 Å². The van der Waals surface area contributed by atoms with E-state index >= 15 is 0 Å². The summed E-state index contributed by atoms with van der Waals surface area (Å²) in [6.45, 7) is 2.33. The van der Waals surface area contributed by atoms with Crippen LogP contribution >= 0.6 is 0 Å². The third-order valence-electron chi connectivity index (χ3n) is 5.48. The first-order valence-corrected chi connectivity index (χ1v) is 10.7. The molecule has 0 radical (unpaired) electrons. The van der Waals surface area contributed by atoms with Crippen molar-refractivity contribution >= 4 is 8.80 Å². The van der Waals surface area contributed by atoms with E-state index in [1.54, 1.807) is 31.0 Å². The maximum atomic E-state index is 8.96. The van der Waals surface area contributed by atoms with Gasteiger partial charge in [-0.25, -0.2) is 0 Å². The van der Waals surface area contributed by atoms with E-state index in [9.17, 15) is 0 Å². The predicted octanol–water partition coefficient (Wildman–Crippen LogP) is 4.75. The second-order valence-corrected chi connectivity index (χ2v) is 10.1. The summed E-state index contributed by atoms with van der Waals surface area (Å²) in [5, 5.41) is 8.96. The molecule has 2 rings (SSSR count). The van der Waals surface area contributed by atoms with Gasteiger partial charge in [-0.2, -0.15) is 5.26 Å². The van der Waals surface area contributed by atoms with E-state index in [0.717, 1.165) is 11.8 Å². The molecule has 1 nitrogen and oxygen atoms in total. The van der Waals surface area contributed by atoms with E-state index in [0.29, 0.717) is 5.92 Å². The first-order valence-electron chi connectivity index (χ1n) is 8.23. The van der Waals surface area contributed by atoms with E-state index in [2.05, 4.69) is 13.0 Å². The van der Waals surface area contributed by atoms with Gasteiger partial charge in [0.1, 0.15) is 0 Å². The molecular formula is C16H29NSi. The van der Waals surface area contributed by atoms with Gasteiger partial charge in [0.05, 0.1) is 6.07 Å². The lowest BCUT2D eigenvalue weighted by molar-refractivity contribution is 0.210. The van der Waals surface area contributed by atoms with Crippen LogP contribution in [0.1, 0.15) is 58.3 Å². The Morgan fingerprint density at radius 3 is 2.17 bits per heavy atom. The normalized spacial score (nSPS) is 37.1. The minimum Gasteiger partial charge on any atom is -0.198 e. The second kappa shape index (κ2) is 7.33. The number of nitrogens with zero attached hydrogens (tertiary/aromatic N) is 1. The minimum absolute atomic E-state index is 0.307. The summed E-state index contributed by atoms with van der Waals surface area (Å²) in [4.78, 5) is 0. The summed E-state index contributed by atoms with van der Waals surface area (Å²) in [5.41, 5.74) is 0. The number of rotatable bonds is 4. The fourth-order valence-corrected chi connectivity index (χ4v) is 7.81. The average molecular weight is 264 g/mol. The number of hydrogen-bond acceptors (Lipinski definition) is 1. The Balaban J connectivity index is 1.69. The van der Waals surface area contributed by atoms with E-state index in [4.69, 9.17) is 5.26 Å². The van der Waals surface area contributed by atoms with Crippen LogP contribution < -0.4 is 0 Å². The Morgan fingerprint density at radius 1 is 1.00 bits per heavy atom. The largest absolute Gasteiger partial charge is 0.198 e. The van der Waals surface area contributed by atoms with Gasteiger partial charge in [-0.15, -0.1) is 0 Å². The van der Waals surface area contributed by atoms with Gasteiger partial charge >= 0.3 is 0 Å². The summed E-state index contributed by atoms with van der Waals surface area (Å²) >= 11 is 0. The van der Waals surface area contributed by atoms with Crippen LogP contribution in [0.2, 0.25) is 18.1 Å². The maximum absolute atomic E-state index is 8.96. The van der Waals surface area contributed by atoms with Crippen LogP contribution in [-0.2, 0) is 0 Å². The van der Waals surface area contributed by atoms with Gasteiger partial charge in [0.2, 0.25) is 0 Å². The van der Waals surface area contributed by atoms with E-state index < -0.39 is 0 Å². The Bertz CT molecular complexity index is 267. The Kier molecular flexibility index (Phi) is 5.75. The van der Waals surface area contributed by atoms with Gasteiger partial charge in [0.15, 0.2) is 0 Å². The Morgan fingerprint density at radius 2 is 1.61 bits per heavy atom. The van der Waals surface area contributed by atoms with Crippen molar-refractivity contribution in [3.63, 3.8) is 0 Å². The molecule has 0 unspecified atom stereocenters. The molecule has 1 aliphatic heterocycles. The molecule has 1 saturated heterocycles. The van der Waals surface area contributed by atoms with E-state index in [1.807, 2.05) is 0 Å². The van der Waals surface area contributed by atoms with E-state index in [-0.39, 0.29) is 8.80 Å². The zero-order chi connectivity index (χ0) is 12.8. The number of nitriles is 1. The smallest absolute Gasteiger partial charge is 0.0655 e. The molecule has 0 amide bonds.